The van der Waals surface area contributed by atoms with Gasteiger partial charge in [-0.1, -0.05) is 0 Å². The predicted molar refractivity (Wildman–Crippen MR) is 108 cm³/mol. The van der Waals surface area contributed by atoms with E-state index < -0.39 is 0 Å². The Morgan fingerprint density at radius 1 is 1.00 bits per heavy atom. The highest BCUT2D eigenvalue weighted by molar-refractivity contribution is 5.53. The van der Waals surface area contributed by atoms with E-state index in [-0.39, 0.29) is 12.2 Å². The van der Waals surface area contributed by atoms with E-state index in [0.29, 0.717) is 32.0 Å². The highest BCUT2D eigenvalue weighted by Gasteiger charge is 2.19. The van der Waals surface area contributed by atoms with Crippen molar-refractivity contribution in [1.29, 1.82) is 10.5 Å². The number of likely N-dealkylation sites (N-methyl/N-ethyl adjacent to an activating group) is 1. The fourth-order valence-corrected chi connectivity index (χ4v) is 3.04. The summed E-state index contributed by atoms with van der Waals surface area (Å²) in [5, 5.41) is 26.8. The highest BCUT2D eigenvalue weighted by atomic mass is 16.5. The van der Waals surface area contributed by atoms with Gasteiger partial charge < -0.3 is 24.0 Å². The van der Waals surface area contributed by atoms with Crippen LogP contribution in [0.1, 0.15) is 20.3 Å². The van der Waals surface area contributed by atoms with Gasteiger partial charge in [-0.3, -0.25) is 0 Å². The van der Waals surface area contributed by atoms with E-state index in [1.165, 1.54) is 0 Å². The molecule has 1 heterocycles. The molecule has 0 atom stereocenters. The van der Waals surface area contributed by atoms with Gasteiger partial charge in [0.15, 0.2) is 0 Å². The number of quaternary nitrogens is 1. The van der Waals surface area contributed by atoms with E-state index in [1.807, 2.05) is 38.1 Å². The van der Waals surface area contributed by atoms with Crippen molar-refractivity contribution in [3.8, 4) is 12.1 Å². The van der Waals surface area contributed by atoms with Crippen molar-refractivity contribution in [1.82, 2.24) is 4.90 Å². The largest absolute Gasteiger partial charge is 0.394 e. The van der Waals surface area contributed by atoms with Crippen molar-refractivity contribution in [3.63, 3.8) is 0 Å². The molecule has 0 saturated carbocycles. The van der Waals surface area contributed by atoms with Crippen molar-refractivity contribution in [2.75, 3.05) is 66.8 Å². The zero-order chi connectivity index (χ0) is 21.0. The van der Waals surface area contributed by atoms with Crippen LogP contribution in [0.2, 0.25) is 0 Å². The third kappa shape index (κ3) is 8.24. The van der Waals surface area contributed by atoms with Gasteiger partial charge in [-0.05, 0) is 26.0 Å². The van der Waals surface area contributed by atoms with Gasteiger partial charge in [0, 0.05) is 29.9 Å². The molecule has 0 fully saturated rings. The van der Waals surface area contributed by atoms with Crippen molar-refractivity contribution >= 4 is 0 Å². The summed E-state index contributed by atoms with van der Waals surface area (Å²) in [6.45, 7) is 8.98. The van der Waals surface area contributed by atoms with Gasteiger partial charge in [0.2, 0.25) is 0 Å². The summed E-state index contributed by atoms with van der Waals surface area (Å²) in [6.07, 6.45) is 4.83. The quantitative estimate of drug-likeness (QED) is 0.312. The van der Waals surface area contributed by atoms with Crippen LogP contribution in [-0.2, 0) is 9.47 Å². The van der Waals surface area contributed by atoms with Crippen molar-refractivity contribution in [2.45, 2.75) is 20.3 Å². The molecule has 0 unspecified atom stereocenters. The van der Waals surface area contributed by atoms with Gasteiger partial charge in [0.1, 0.15) is 24.3 Å². The molecule has 0 bridgehead atoms. The number of hydrogen-bond donors (Lipinski definition) is 1. The number of nitrogens with zero attached hydrogens (tertiary/aromatic N) is 4. The van der Waals surface area contributed by atoms with Crippen LogP contribution >= 0.6 is 0 Å². The lowest BCUT2D eigenvalue weighted by molar-refractivity contribution is -0.890. The Balaban J connectivity index is 2.41. The lowest BCUT2D eigenvalue weighted by atomic mass is 10.0. The molecule has 0 amide bonds. The number of ether oxygens (including phenoxy) is 2. The summed E-state index contributed by atoms with van der Waals surface area (Å²) < 4.78 is 11.6. The number of rotatable bonds is 12. The lowest BCUT2D eigenvalue weighted by Crippen LogP contribution is -2.44. The number of aliphatic hydroxyl groups excluding tert-OH is 1. The molecule has 0 saturated heterocycles. The maximum absolute atomic E-state index is 9.06. The molecule has 28 heavy (non-hydrogen) atoms. The lowest BCUT2D eigenvalue weighted by Gasteiger charge is -2.33. The first-order valence-corrected chi connectivity index (χ1v) is 9.61. The first-order chi connectivity index (χ1) is 13.3. The first-order valence-electron chi connectivity index (χ1n) is 9.61. The zero-order valence-electron chi connectivity index (χ0n) is 17.6. The molecule has 1 rings (SSSR count). The van der Waals surface area contributed by atoms with Crippen molar-refractivity contribution < 1.29 is 19.1 Å². The van der Waals surface area contributed by atoms with E-state index in [0.717, 1.165) is 41.9 Å². The minimum absolute atomic E-state index is 0.0413. The molecule has 7 heteroatoms. The highest BCUT2D eigenvalue weighted by Crippen LogP contribution is 2.24. The van der Waals surface area contributed by atoms with E-state index in [2.05, 4.69) is 19.0 Å². The van der Waals surface area contributed by atoms with Gasteiger partial charge in [-0.2, -0.15) is 10.5 Å². The molecule has 154 valence electrons. The van der Waals surface area contributed by atoms with E-state index >= 15 is 0 Å². The maximum atomic E-state index is 9.06. The van der Waals surface area contributed by atoms with E-state index in [1.54, 1.807) is 0 Å². The van der Waals surface area contributed by atoms with Gasteiger partial charge >= 0.3 is 0 Å². The molecular formula is C21H33N4O3+. The van der Waals surface area contributed by atoms with Gasteiger partial charge in [0.05, 0.1) is 53.7 Å². The topological polar surface area (TPSA) is 89.5 Å². The fourth-order valence-electron chi connectivity index (χ4n) is 3.04. The summed E-state index contributed by atoms with van der Waals surface area (Å²) in [5.74, 6) is 0. The zero-order valence-corrected chi connectivity index (χ0v) is 17.6. The molecule has 1 N–H and O–H groups in total. The third-order valence-corrected chi connectivity index (χ3v) is 4.69. The second-order valence-electron chi connectivity index (χ2n) is 7.46. The van der Waals surface area contributed by atoms with E-state index in [9.17, 15) is 0 Å². The van der Waals surface area contributed by atoms with Crippen LogP contribution in [0.5, 0.6) is 0 Å². The van der Waals surface area contributed by atoms with Gasteiger partial charge in [-0.25, -0.2) is 0 Å². The molecule has 1 aliphatic heterocycles. The van der Waals surface area contributed by atoms with Crippen LogP contribution in [0.25, 0.3) is 0 Å². The summed E-state index contributed by atoms with van der Waals surface area (Å²) in [4.78, 5) is 2.23. The van der Waals surface area contributed by atoms with Crippen molar-refractivity contribution in [2.24, 2.45) is 0 Å². The average Bonchev–Trinajstić information content (AvgIpc) is 2.64. The second kappa shape index (κ2) is 12.3. The molecule has 0 aromatic rings. The maximum Gasteiger partial charge on any atom is 0.137 e. The molecule has 7 nitrogen and oxygen atoms in total. The summed E-state index contributed by atoms with van der Waals surface area (Å²) >= 11 is 0. The van der Waals surface area contributed by atoms with E-state index in [4.69, 9.17) is 25.1 Å². The molecule has 0 aromatic carbocycles. The smallest absolute Gasteiger partial charge is 0.137 e. The second-order valence-corrected chi connectivity index (χ2v) is 7.46. The van der Waals surface area contributed by atoms with Crippen LogP contribution in [0.3, 0.4) is 0 Å². The van der Waals surface area contributed by atoms with Crippen LogP contribution < -0.4 is 0 Å². The van der Waals surface area contributed by atoms with Crippen LogP contribution in [0.4, 0.5) is 0 Å². The Hall–Kier alpha value is -2.16. The number of allylic oxidation sites excluding steroid dienone is 6. The number of aliphatic hydroxyl groups is 1. The minimum Gasteiger partial charge on any atom is -0.394 e. The summed E-state index contributed by atoms with van der Waals surface area (Å²) in [6, 6.07) is 3.91. The molecule has 0 aromatic heterocycles. The predicted octanol–water partition coefficient (Wildman–Crippen LogP) is 1.95. The van der Waals surface area contributed by atoms with Crippen LogP contribution in [0.15, 0.2) is 34.7 Å². The normalized spacial score (nSPS) is 14.2. The Labute approximate surface area is 168 Å². The fraction of sp³-hybridized carbons (Fsp3) is 0.619. The molecule has 0 spiro atoms. The summed E-state index contributed by atoms with van der Waals surface area (Å²) in [5.41, 5.74) is 2.94. The summed E-state index contributed by atoms with van der Waals surface area (Å²) in [7, 11) is 4.39. The SMILES string of the molecule is CC1=CC(=C(C#N)C#N)C=C(C)N1CCC[N+](C)(C)CCOCCOCCO. The Morgan fingerprint density at radius 3 is 2.11 bits per heavy atom. The molecule has 0 radical (unpaired) electrons. The van der Waals surface area contributed by atoms with Gasteiger partial charge in [0.25, 0.3) is 0 Å². The Morgan fingerprint density at radius 2 is 1.57 bits per heavy atom. The Kier molecular flexibility index (Phi) is 10.5. The third-order valence-electron chi connectivity index (χ3n) is 4.69. The van der Waals surface area contributed by atoms with Crippen LogP contribution in [-0.4, -0.2) is 81.3 Å². The minimum atomic E-state index is 0.0413. The standard InChI is InChI=1S/C21H33N4O3/c1-18-14-20(21(16-22)17-23)15-19(2)24(18)6-5-7-25(3,4)8-10-27-12-13-28-11-9-26/h14-15,26H,5-13H2,1-4H3/q+1. The van der Waals surface area contributed by atoms with Crippen LogP contribution in [0, 0.1) is 22.7 Å². The Bertz CT molecular complexity index is 643. The number of hydrogen-bond acceptors (Lipinski definition) is 6. The molecule has 1 aliphatic rings. The first kappa shape index (κ1) is 23.9. The molecular weight excluding hydrogens is 356 g/mol. The monoisotopic (exact) mass is 389 g/mol. The average molecular weight is 390 g/mol. The molecule has 0 aliphatic carbocycles. The van der Waals surface area contributed by atoms with Crippen molar-refractivity contribution in [3.05, 3.63) is 34.7 Å². The number of nitriles is 2. The van der Waals surface area contributed by atoms with Gasteiger partial charge in [-0.15, -0.1) is 0 Å².